The molecule has 6 heteroatoms. The van der Waals surface area contributed by atoms with E-state index in [1.54, 1.807) is 12.1 Å². The third-order valence-corrected chi connectivity index (χ3v) is 1.89. The Balaban J connectivity index is 2.82. The molecule has 0 bridgehead atoms. The van der Waals surface area contributed by atoms with E-state index < -0.39 is 6.04 Å². The maximum absolute atomic E-state index is 8.88. The number of nitrogen functional groups attached to an aromatic ring is 1. The largest absolute Gasteiger partial charge is 0.481 e. The fourth-order valence-electron chi connectivity index (χ4n) is 1.02. The molecule has 0 unspecified atom stereocenters. The lowest BCUT2D eigenvalue weighted by Gasteiger charge is -2.15. The van der Waals surface area contributed by atoms with Crippen LogP contribution in [-0.4, -0.2) is 41.6 Å². The molecular weight excluding hydrogens is 198 g/mol. The van der Waals surface area contributed by atoms with Crippen LogP contribution >= 0.6 is 0 Å². The minimum absolute atomic E-state index is 0.200. The number of hydrogen-bond donors (Lipinski definition) is 4. The summed E-state index contributed by atoms with van der Waals surface area (Å²) in [7, 11) is 1.50. The molecule has 0 radical (unpaired) electrons. The first-order chi connectivity index (χ1) is 7.21. The standard InChI is InChI=1S/C9H15N3O3/c1-15-8-3-2-7(10)9(12-8)11-6(4-13)5-14/h2-3,6,13-14H,4-5,10H2,1H3,(H,11,12). The van der Waals surface area contributed by atoms with E-state index >= 15 is 0 Å². The highest BCUT2D eigenvalue weighted by atomic mass is 16.5. The van der Waals surface area contributed by atoms with Crippen molar-refractivity contribution in [2.75, 3.05) is 31.4 Å². The summed E-state index contributed by atoms with van der Waals surface area (Å²) in [4.78, 5) is 4.05. The summed E-state index contributed by atoms with van der Waals surface area (Å²) in [6.07, 6.45) is 0. The fourth-order valence-corrected chi connectivity index (χ4v) is 1.02. The van der Waals surface area contributed by atoms with Crippen LogP contribution in [0.15, 0.2) is 12.1 Å². The van der Waals surface area contributed by atoms with Gasteiger partial charge in [0.2, 0.25) is 5.88 Å². The Morgan fingerprint density at radius 1 is 1.47 bits per heavy atom. The summed E-state index contributed by atoms with van der Waals surface area (Å²) in [5.74, 6) is 0.809. The van der Waals surface area contributed by atoms with Gasteiger partial charge in [-0.15, -0.1) is 0 Å². The van der Waals surface area contributed by atoms with Crippen molar-refractivity contribution in [3.63, 3.8) is 0 Å². The molecule has 0 amide bonds. The highest BCUT2D eigenvalue weighted by Gasteiger charge is 2.09. The first kappa shape index (κ1) is 11.5. The van der Waals surface area contributed by atoms with Crippen molar-refractivity contribution in [3.05, 3.63) is 12.1 Å². The number of aromatic nitrogens is 1. The zero-order chi connectivity index (χ0) is 11.3. The highest BCUT2D eigenvalue weighted by molar-refractivity contribution is 5.62. The predicted octanol–water partition coefficient (Wildman–Crippen LogP) is -0.563. The summed E-state index contributed by atoms with van der Waals surface area (Å²) in [5.41, 5.74) is 6.09. The molecular formula is C9H15N3O3. The second-order valence-electron chi connectivity index (χ2n) is 3.00. The maximum Gasteiger partial charge on any atom is 0.215 e. The van der Waals surface area contributed by atoms with Crippen molar-refractivity contribution < 1.29 is 14.9 Å². The summed E-state index contributed by atoms with van der Waals surface area (Å²) < 4.78 is 4.93. The van der Waals surface area contributed by atoms with Crippen LogP contribution in [0, 0.1) is 0 Å². The molecule has 0 spiro atoms. The van der Waals surface area contributed by atoms with Crippen LogP contribution in [-0.2, 0) is 0 Å². The zero-order valence-corrected chi connectivity index (χ0v) is 8.47. The average molecular weight is 213 g/mol. The second-order valence-corrected chi connectivity index (χ2v) is 3.00. The molecule has 15 heavy (non-hydrogen) atoms. The number of nitrogens with two attached hydrogens (primary N) is 1. The number of rotatable bonds is 5. The first-order valence-electron chi connectivity index (χ1n) is 4.50. The predicted molar refractivity (Wildman–Crippen MR) is 56.8 cm³/mol. The minimum atomic E-state index is -0.480. The van der Waals surface area contributed by atoms with Crippen molar-refractivity contribution in [1.82, 2.24) is 4.98 Å². The van der Waals surface area contributed by atoms with Gasteiger partial charge in [-0.1, -0.05) is 0 Å². The van der Waals surface area contributed by atoms with Gasteiger partial charge < -0.3 is 26.0 Å². The highest BCUT2D eigenvalue weighted by Crippen LogP contribution is 2.19. The number of aliphatic hydroxyl groups excluding tert-OH is 2. The fraction of sp³-hybridized carbons (Fsp3) is 0.444. The molecule has 5 N–H and O–H groups in total. The summed E-state index contributed by atoms with van der Waals surface area (Å²) in [5, 5.41) is 20.6. The molecule has 0 atom stereocenters. The number of nitrogens with one attached hydrogen (secondary N) is 1. The van der Waals surface area contributed by atoms with E-state index in [9.17, 15) is 0 Å². The SMILES string of the molecule is COc1ccc(N)c(NC(CO)CO)n1. The summed E-state index contributed by atoms with van der Waals surface area (Å²) in [6, 6.07) is 2.79. The van der Waals surface area contributed by atoms with E-state index in [0.717, 1.165) is 0 Å². The van der Waals surface area contributed by atoms with E-state index in [-0.39, 0.29) is 13.2 Å². The van der Waals surface area contributed by atoms with Crippen molar-refractivity contribution in [2.24, 2.45) is 0 Å². The Morgan fingerprint density at radius 2 is 2.13 bits per heavy atom. The average Bonchev–Trinajstić information content (AvgIpc) is 2.28. The Morgan fingerprint density at radius 3 is 2.67 bits per heavy atom. The molecule has 0 aliphatic carbocycles. The monoisotopic (exact) mass is 213 g/mol. The number of anilines is 2. The minimum Gasteiger partial charge on any atom is -0.481 e. The molecule has 1 aromatic rings. The second kappa shape index (κ2) is 5.38. The number of aliphatic hydroxyl groups is 2. The van der Waals surface area contributed by atoms with Crippen molar-refractivity contribution in [3.8, 4) is 5.88 Å². The van der Waals surface area contributed by atoms with E-state index in [1.165, 1.54) is 7.11 Å². The van der Waals surface area contributed by atoms with Crippen molar-refractivity contribution >= 4 is 11.5 Å². The van der Waals surface area contributed by atoms with Gasteiger partial charge in [0.15, 0.2) is 5.82 Å². The van der Waals surface area contributed by atoms with Crippen LogP contribution in [0.4, 0.5) is 11.5 Å². The van der Waals surface area contributed by atoms with Crippen molar-refractivity contribution in [2.45, 2.75) is 6.04 Å². The molecule has 0 saturated carbocycles. The van der Waals surface area contributed by atoms with Crippen LogP contribution in [0.2, 0.25) is 0 Å². The Hall–Kier alpha value is -1.53. The van der Waals surface area contributed by atoms with Crippen LogP contribution < -0.4 is 15.8 Å². The number of ether oxygens (including phenoxy) is 1. The molecule has 0 aliphatic heterocycles. The third kappa shape index (κ3) is 2.97. The van der Waals surface area contributed by atoms with E-state index in [4.69, 9.17) is 20.7 Å². The van der Waals surface area contributed by atoms with Crippen LogP contribution in [0.3, 0.4) is 0 Å². The lowest BCUT2D eigenvalue weighted by molar-refractivity contribution is 0.203. The third-order valence-electron chi connectivity index (χ3n) is 1.89. The molecule has 0 saturated heterocycles. The molecule has 84 valence electrons. The first-order valence-corrected chi connectivity index (χ1v) is 4.50. The van der Waals surface area contributed by atoms with Gasteiger partial charge in [0.25, 0.3) is 0 Å². The maximum atomic E-state index is 8.88. The van der Waals surface area contributed by atoms with Gasteiger partial charge in [-0.2, -0.15) is 4.98 Å². The molecule has 1 aromatic heterocycles. The van der Waals surface area contributed by atoms with E-state index in [0.29, 0.717) is 17.4 Å². The van der Waals surface area contributed by atoms with Gasteiger partial charge in [-0.05, 0) is 6.07 Å². The quantitative estimate of drug-likeness (QED) is 0.523. The molecule has 1 heterocycles. The van der Waals surface area contributed by atoms with Gasteiger partial charge in [-0.25, -0.2) is 0 Å². The van der Waals surface area contributed by atoms with Crippen LogP contribution in [0.1, 0.15) is 0 Å². The Labute approximate surface area is 87.7 Å². The van der Waals surface area contributed by atoms with Crippen LogP contribution in [0.5, 0.6) is 5.88 Å². The smallest absolute Gasteiger partial charge is 0.215 e. The molecule has 0 aromatic carbocycles. The molecule has 0 aliphatic rings. The number of methoxy groups -OCH3 is 1. The van der Waals surface area contributed by atoms with Crippen LogP contribution in [0.25, 0.3) is 0 Å². The van der Waals surface area contributed by atoms with Gasteiger partial charge in [0, 0.05) is 6.07 Å². The summed E-state index contributed by atoms with van der Waals surface area (Å²) >= 11 is 0. The lowest BCUT2D eigenvalue weighted by Crippen LogP contribution is -2.28. The topological polar surface area (TPSA) is 101 Å². The van der Waals surface area contributed by atoms with E-state index in [2.05, 4.69) is 10.3 Å². The molecule has 6 nitrogen and oxygen atoms in total. The Bertz CT molecular complexity index is 315. The Kier molecular flexibility index (Phi) is 4.14. The van der Waals surface area contributed by atoms with Gasteiger partial charge in [0.1, 0.15) is 0 Å². The number of pyridine rings is 1. The van der Waals surface area contributed by atoms with Gasteiger partial charge >= 0.3 is 0 Å². The molecule has 0 fully saturated rings. The summed E-state index contributed by atoms with van der Waals surface area (Å²) in [6.45, 7) is -0.399. The normalized spacial score (nSPS) is 10.4. The molecule has 1 rings (SSSR count). The lowest BCUT2D eigenvalue weighted by atomic mass is 10.3. The number of nitrogens with zero attached hydrogens (tertiary/aromatic N) is 1. The number of hydrogen-bond acceptors (Lipinski definition) is 6. The van der Waals surface area contributed by atoms with E-state index in [1.807, 2.05) is 0 Å². The van der Waals surface area contributed by atoms with Gasteiger partial charge in [0.05, 0.1) is 32.1 Å². The van der Waals surface area contributed by atoms with Gasteiger partial charge in [-0.3, -0.25) is 0 Å². The zero-order valence-electron chi connectivity index (χ0n) is 8.47. The van der Waals surface area contributed by atoms with Crippen molar-refractivity contribution in [1.29, 1.82) is 0 Å².